The lowest BCUT2D eigenvalue weighted by Gasteiger charge is -2.16. The van der Waals surface area contributed by atoms with Gasteiger partial charge in [0.1, 0.15) is 5.75 Å². The van der Waals surface area contributed by atoms with Gasteiger partial charge in [0.2, 0.25) is 0 Å². The number of hydrogen-bond donors (Lipinski definition) is 2. The van der Waals surface area contributed by atoms with E-state index in [1.54, 1.807) is 12.1 Å². The third kappa shape index (κ3) is 6.07. The maximum atomic E-state index is 11.4. The SMILES string of the molecule is O=P(O)(O)Oc1cccc(CCc2ccccc2)c1CCc1ccccc1. The lowest BCUT2D eigenvalue weighted by Crippen LogP contribution is -2.03. The molecule has 0 radical (unpaired) electrons. The topological polar surface area (TPSA) is 66.8 Å². The fourth-order valence-electron chi connectivity index (χ4n) is 3.18. The van der Waals surface area contributed by atoms with Crippen LogP contribution in [-0.2, 0) is 30.2 Å². The summed E-state index contributed by atoms with van der Waals surface area (Å²) in [5.41, 5.74) is 4.33. The molecule has 4 nitrogen and oxygen atoms in total. The van der Waals surface area contributed by atoms with Crippen LogP contribution in [0.5, 0.6) is 5.75 Å². The first kappa shape index (κ1) is 19.4. The Labute approximate surface area is 159 Å². The van der Waals surface area contributed by atoms with E-state index in [0.29, 0.717) is 6.42 Å². The molecule has 0 aromatic heterocycles. The molecule has 0 fully saturated rings. The van der Waals surface area contributed by atoms with Gasteiger partial charge < -0.3 is 4.52 Å². The van der Waals surface area contributed by atoms with Gasteiger partial charge in [0.25, 0.3) is 0 Å². The van der Waals surface area contributed by atoms with Crippen molar-refractivity contribution in [3.05, 3.63) is 101 Å². The molecule has 2 N–H and O–H groups in total. The Morgan fingerprint density at radius 1 is 0.667 bits per heavy atom. The van der Waals surface area contributed by atoms with Gasteiger partial charge in [-0.2, -0.15) is 0 Å². The summed E-state index contributed by atoms with van der Waals surface area (Å²) in [5.74, 6) is 0.268. The van der Waals surface area contributed by atoms with Gasteiger partial charge in [-0.1, -0.05) is 72.8 Å². The highest BCUT2D eigenvalue weighted by Gasteiger charge is 2.20. The predicted octanol–water partition coefficient (Wildman–Crippen LogP) is 4.73. The lowest BCUT2D eigenvalue weighted by atomic mass is 9.95. The Bertz CT molecular complexity index is 904. The smallest absolute Gasteiger partial charge is 0.404 e. The first-order valence-electron chi connectivity index (χ1n) is 8.95. The lowest BCUT2D eigenvalue weighted by molar-refractivity contribution is 0.282. The molecule has 3 aromatic rings. The zero-order valence-corrected chi connectivity index (χ0v) is 15.9. The van der Waals surface area contributed by atoms with Gasteiger partial charge in [-0.05, 0) is 54.0 Å². The van der Waals surface area contributed by atoms with Crippen molar-refractivity contribution in [2.45, 2.75) is 25.7 Å². The molecule has 0 atom stereocenters. The molecule has 3 rings (SSSR count). The number of hydrogen-bond acceptors (Lipinski definition) is 2. The molecule has 0 amide bonds. The third-order valence-corrected chi connectivity index (χ3v) is 4.91. The molecule has 0 heterocycles. The van der Waals surface area contributed by atoms with Gasteiger partial charge in [-0.15, -0.1) is 0 Å². The normalized spacial score (nSPS) is 11.3. The van der Waals surface area contributed by atoms with Crippen molar-refractivity contribution in [3.63, 3.8) is 0 Å². The molecule has 0 unspecified atom stereocenters. The van der Waals surface area contributed by atoms with Crippen LogP contribution in [0.4, 0.5) is 0 Å². The summed E-state index contributed by atoms with van der Waals surface area (Å²) in [7, 11) is -4.61. The number of phosphoric ester groups is 1. The number of phosphoric acid groups is 1. The summed E-state index contributed by atoms with van der Waals surface area (Å²) in [4.78, 5) is 18.5. The molecular weight excluding hydrogens is 359 g/mol. The van der Waals surface area contributed by atoms with E-state index in [2.05, 4.69) is 24.3 Å². The number of benzene rings is 3. The van der Waals surface area contributed by atoms with Crippen LogP contribution in [0.25, 0.3) is 0 Å². The molecule has 140 valence electrons. The predicted molar refractivity (Wildman–Crippen MR) is 107 cm³/mol. The summed E-state index contributed by atoms with van der Waals surface area (Å²) < 4.78 is 16.4. The molecule has 0 aliphatic heterocycles. The quantitative estimate of drug-likeness (QED) is 0.553. The van der Waals surface area contributed by atoms with Crippen LogP contribution in [0.2, 0.25) is 0 Å². The fourth-order valence-corrected chi connectivity index (χ4v) is 3.61. The zero-order valence-electron chi connectivity index (χ0n) is 15.0. The van der Waals surface area contributed by atoms with Gasteiger partial charge in [0.15, 0.2) is 0 Å². The van der Waals surface area contributed by atoms with Gasteiger partial charge in [0, 0.05) is 0 Å². The van der Waals surface area contributed by atoms with Crippen molar-refractivity contribution in [1.82, 2.24) is 0 Å². The molecule has 0 spiro atoms. The van der Waals surface area contributed by atoms with Gasteiger partial charge in [-0.25, -0.2) is 4.57 Å². The van der Waals surface area contributed by atoms with E-state index in [-0.39, 0.29) is 5.75 Å². The van der Waals surface area contributed by atoms with E-state index in [1.165, 1.54) is 11.1 Å². The molecule has 0 bridgehead atoms. The number of aryl methyl sites for hydroxylation is 3. The molecule has 3 aromatic carbocycles. The summed E-state index contributed by atoms with van der Waals surface area (Å²) in [6.45, 7) is 0. The standard InChI is InChI=1S/C22H23O4P/c23-27(24,25)26-22-13-7-12-20(16-14-18-8-3-1-4-9-18)21(22)17-15-19-10-5-2-6-11-19/h1-13H,14-17H2,(H2,23,24,25). The Morgan fingerprint density at radius 2 is 1.22 bits per heavy atom. The average Bonchev–Trinajstić information content (AvgIpc) is 2.66. The van der Waals surface area contributed by atoms with Crippen LogP contribution in [0.15, 0.2) is 78.9 Å². The zero-order chi connectivity index (χ0) is 19.1. The van der Waals surface area contributed by atoms with Crippen molar-refractivity contribution in [3.8, 4) is 5.75 Å². The highest BCUT2D eigenvalue weighted by Crippen LogP contribution is 2.40. The van der Waals surface area contributed by atoms with Crippen molar-refractivity contribution >= 4 is 7.82 Å². The maximum absolute atomic E-state index is 11.4. The van der Waals surface area contributed by atoms with Crippen molar-refractivity contribution < 1.29 is 18.9 Å². The van der Waals surface area contributed by atoms with Gasteiger partial charge in [0.05, 0.1) is 0 Å². The van der Waals surface area contributed by atoms with E-state index in [9.17, 15) is 14.4 Å². The average molecular weight is 382 g/mol. The van der Waals surface area contributed by atoms with Crippen LogP contribution < -0.4 is 4.52 Å². The van der Waals surface area contributed by atoms with Gasteiger partial charge >= 0.3 is 7.82 Å². The Hall–Kier alpha value is -2.39. The van der Waals surface area contributed by atoms with E-state index < -0.39 is 7.82 Å². The molecule has 0 aliphatic rings. The molecule has 0 saturated heterocycles. The summed E-state index contributed by atoms with van der Waals surface area (Å²) in [6, 6.07) is 25.7. The first-order valence-corrected chi connectivity index (χ1v) is 10.5. The van der Waals surface area contributed by atoms with Crippen LogP contribution in [-0.4, -0.2) is 9.79 Å². The second-order valence-electron chi connectivity index (χ2n) is 6.45. The monoisotopic (exact) mass is 382 g/mol. The van der Waals surface area contributed by atoms with Gasteiger partial charge in [-0.3, -0.25) is 9.79 Å². The Kier molecular flexibility index (Phi) is 6.46. The largest absolute Gasteiger partial charge is 0.524 e. The fraction of sp³-hybridized carbons (Fsp3) is 0.182. The molecule has 0 aliphatic carbocycles. The molecule has 27 heavy (non-hydrogen) atoms. The minimum absolute atomic E-state index is 0.268. The number of rotatable bonds is 8. The van der Waals surface area contributed by atoms with Crippen LogP contribution in [0, 0.1) is 0 Å². The molecule has 5 heteroatoms. The van der Waals surface area contributed by atoms with Crippen molar-refractivity contribution in [1.29, 1.82) is 0 Å². The Balaban J connectivity index is 1.84. The minimum Gasteiger partial charge on any atom is -0.404 e. The van der Waals surface area contributed by atoms with Crippen LogP contribution in [0.1, 0.15) is 22.3 Å². The first-order chi connectivity index (χ1) is 13.0. The van der Waals surface area contributed by atoms with Crippen LogP contribution in [0.3, 0.4) is 0 Å². The summed E-state index contributed by atoms with van der Waals surface area (Å²) in [5, 5.41) is 0. The second kappa shape index (κ2) is 9.01. The van der Waals surface area contributed by atoms with Crippen molar-refractivity contribution in [2.75, 3.05) is 0 Å². The highest BCUT2D eigenvalue weighted by molar-refractivity contribution is 7.46. The maximum Gasteiger partial charge on any atom is 0.524 e. The van der Waals surface area contributed by atoms with E-state index in [4.69, 9.17) is 4.52 Å². The molecule has 0 saturated carbocycles. The second-order valence-corrected chi connectivity index (χ2v) is 7.61. The minimum atomic E-state index is -4.61. The third-order valence-electron chi connectivity index (χ3n) is 4.48. The Morgan fingerprint density at radius 3 is 1.78 bits per heavy atom. The molecular formula is C22H23O4P. The van der Waals surface area contributed by atoms with E-state index in [1.807, 2.05) is 42.5 Å². The van der Waals surface area contributed by atoms with Crippen LogP contribution >= 0.6 is 7.82 Å². The van der Waals surface area contributed by atoms with Crippen molar-refractivity contribution in [2.24, 2.45) is 0 Å². The summed E-state index contributed by atoms with van der Waals surface area (Å²) in [6.07, 6.45) is 3.08. The summed E-state index contributed by atoms with van der Waals surface area (Å²) >= 11 is 0. The highest BCUT2D eigenvalue weighted by atomic mass is 31.2. The van der Waals surface area contributed by atoms with E-state index >= 15 is 0 Å². The van der Waals surface area contributed by atoms with E-state index in [0.717, 1.165) is 30.4 Å².